The van der Waals surface area contributed by atoms with E-state index in [1.54, 1.807) is 0 Å². The van der Waals surface area contributed by atoms with Crippen LogP contribution >= 0.6 is 12.4 Å². The lowest BCUT2D eigenvalue weighted by Gasteiger charge is -2.27. The fourth-order valence-electron chi connectivity index (χ4n) is 2.65. The molecule has 1 fully saturated rings. The van der Waals surface area contributed by atoms with Crippen molar-refractivity contribution in [2.24, 2.45) is 5.92 Å². The zero-order valence-electron chi connectivity index (χ0n) is 13.6. The molecule has 3 atom stereocenters. The third-order valence-electron chi connectivity index (χ3n) is 3.92. The zero-order valence-corrected chi connectivity index (χ0v) is 14.4. The molecule has 1 aliphatic heterocycles. The van der Waals surface area contributed by atoms with Crippen molar-refractivity contribution in [2.45, 2.75) is 45.8 Å². The average molecular weight is 327 g/mol. The third kappa shape index (κ3) is 5.85. The Balaban J connectivity index is 0.00000242. The molecule has 2 rings (SSSR count). The summed E-state index contributed by atoms with van der Waals surface area (Å²) in [4.78, 5) is 12.2. The number of ether oxygens (including phenoxy) is 1. The van der Waals surface area contributed by atoms with Gasteiger partial charge in [-0.1, -0.05) is 17.7 Å². The summed E-state index contributed by atoms with van der Waals surface area (Å²) in [6.45, 7) is 7.63. The fraction of sp³-hybridized carbons (Fsp3) is 0.588. The molecule has 1 saturated heterocycles. The summed E-state index contributed by atoms with van der Waals surface area (Å²) in [6.07, 6.45) is 1.80. The molecule has 1 heterocycles. The molecular formula is C17H27ClN2O2. The van der Waals surface area contributed by atoms with E-state index in [0.29, 0.717) is 12.6 Å². The normalized spacial score (nSPS) is 22.3. The van der Waals surface area contributed by atoms with Gasteiger partial charge < -0.3 is 15.4 Å². The van der Waals surface area contributed by atoms with Gasteiger partial charge in [0, 0.05) is 12.0 Å². The van der Waals surface area contributed by atoms with Crippen molar-refractivity contribution in [3.63, 3.8) is 0 Å². The molecule has 1 aromatic carbocycles. The first-order valence-corrected chi connectivity index (χ1v) is 7.79. The second-order valence-corrected chi connectivity index (χ2v) is 6.06. The van der Waals surface area contributed by atoms with E-state index in [4.69, 9.17) is 4.74 Å². The van der Waals surface area contributed by atoms with Gasteiger partial charge in [0.1, 0.15) is 11.9 Å². The second-order valence-electron chi connectivity index (χ2n) is 6.06. The minimum absolute atomic E-state index is 0. The Hall–Kier alpha value is -1.26. The largest absolute Gasteiger partial charge is 0.489 e. The molecule has 1 unspecified atom stereocenters. The molecule has 0 aliphatic carbocycles. The smallest absolute Gasteiger partial charge is 0.223 e. The van der Waals surface area contributed by atoms with E-state index in [1.165, 1.54) is 5.56 Å². The molecule has 22 heavy (non-hydrogen) atoms. The number of hydrogen-bond acceptors (Lipinski definition) is 3. The Labute approximate surface area is 139 Å². The molecule has 5 heteroatoms. The summed E-state index contributed by atoms with van der Waals surface area (Å²) in [5, 5.41) is 6.38. The summed E-state index contributed by atoms with van der Waals surface area (Å²) < 4.78 is 5.80. The number of nitrogens with one attached hydrogen (secondary N) is 2. The van der Waals surface area contributed by atoms with Crippen LogP contribution in [0.3, 0.4) is 0 Å². The van der Waals surface area contributed by atoms with Crippen molar-refractivity contribution < 1.29 is 9.53 Å². The van der Waals surface area contributed by atoms with Crippen LogP contribution in [0.5, 0.6) is 5.75 Å². The van der Waals surface area contributed by atoms with Crippen LogP contribution in [0, 0.1) is 12.8 Å². The van der Waals surface area contributed by atoms with Crippen LogP contribution < -0.4 is 15.4 Å². The van der Waals surface area contributed by atoms with Gasteiger partial charge in [0.05, 0.1) is 6.54 Å². The standard InChI is InChI=1S/C17H26N2O2.ClH/c1-12-4-6-16(7-5-12)21-14(3)11-19-17(20)15-8-9-18-13(2)10-15;/h4-7,13-15,18H,8-11H2,1-3H3,(H,19,20);1H/t13-,14?,15-;/m0./s1. The van der Waals surface area contributed by atoms with E-state index in [1.807, 2.05) is 38.1 Å². The highest BCUT2D eigenvalue weighted by atomic mass is 35.5. The molecule has 1 aliphatic rings. The highest BCUT2D eigenvalue weighted by molar-refractivity contribution is 5.85. The monoisotopic (exact) mass is 326 g/mol. The maximum absolute atomic E-state index is 12.2. The number of rotatable bonds is 5. The van der Waals surface area contributed by atoms with Crippen LogP contribution in [-0.4, -0.2) is 31.1 Å². The van der Waals surface area contributed by atoms with Crippen LogP contribution in [-0.2, 0) is 4.79 Å². The Bertz CT molecular complexity index is 464. The van der Waals surface area contributed by atoms with E-state index in [2.05, 4.69) is 17.6 Å². The summed E-state index contributed by atoms with van der Waals surface area (Å²) in [5.74, 6) is 1.13. The summed E-state index contributed by atoms with van der Waals surface area (Å²) >= 11 is 0. The highest BCUT2D eigenvalue weighted by Gasteiger charge is 2.24. The number of benzene rings is 1. The minimum Gasteiger partial charge on any atom is -0.489 e. The van der Waals surface area contributed by atoms with Crippen LogP contribution in [0.15, 0.2) is 24.3 Å². The zero-order chi connectivity index (χ0) is 15.2. The number of hydrogen-bond donors (Lipinski definition) is 2. The Morgan fingerprint density at radius 2 is 2.09 bits per heavy atom. The van der Waals surface area contributed by atoms with Crippen LogP contribution in [0.1, 0.15) is 32.3 Å². The van der Waals surface area contributed by atoms with E-state index in [9.17, 15) is 4.79 Å². The van der Waals surface area contributed by atoms with E-state index >= 15 is 0 Å². The number of piperidine rings is 1. The summed E-state index contributed by atoms with van der Waals surface area (Å²) in [5.41, 5.74) is 1.21. The van der Waals surface area contributed by atoms with Crippen molar-refractivity contribution in [1.29, 1.82) is 0 Å². The van der Waals surface area contributed by atoms with Crippen molar-refractivity contribution in [2.75, 3.05) is 13.1 Å². The highest BCUT2D eigenvalue weighted by Crippen LogP contribution is 2.16. The first-order valence-electron chi connectivity index (χ1n) is 7.79. The molecule has 1 aromatic rings. The SMILES string of the molecule is Cc1ccc(OC(C)CNC(=O)[C@H]2CCN[C@@H](C)C2)cc1.Cl. The number of carbonyl (C=O) groups is 1. The quantitative estimate of drug-likeness (QED) is 0.874. The van der Waals surface area contributed by atoms with Gasteiger partial charge in [-0.05, 0) is 52.3 Å². The lowest BCUT2D eigenvalue weighted by molar-refractivity contribution is -0.126. The second kappa shape index (κ2) is 9.01. The Morgan fingerprint density at radius 3 is 2.73 bits per heavy atom. The summed E-state index contributed by atoms with van der Waals surface area (Å²) in [7, 11) is 0. The number of amides is 1. The predicted molar refractivity (Wildman–Crippen MR) is 91.7 cm³/mol. The van der Waals surface area contributed by atoms with Gasteiger partial charge in [0.25, 0.3) is 0 Å². The molecule has 0 aromatic heterocycles. The van der Waals surface area contributed by atoms with E-state index in [-0.39, 0.29) is 30.3 Å². The molecule has 0 spiro atoms. The molecule has 2 N–H and O–H groups in total. The molecule has 0 bridgehead atoms. The molecule has 124 valence electrons. The van der Waals surface area contributed by atoms with Gasteiger partial charge in [-0.15, -0.1) is 12.4 Å². The van der Waals surface area contributed by atoms with Gasteiger partial charge in [-0.3, -0.25) is 4.79 Å². The lowest BCUT2D eigenvalue weighted by Crippen LogP contribution is -2.44. The molecule has 0 saturated carbocycles. The number of aryl methyl sites for hydroxylation is 1. The predicted octanol–water partition coefficient (Wildman–Crippen LogP) is 2.69. The van der Waals surface area contributed by atoms with Crippen molar-refractivity contribution in [1.82, 2.24) is 10.6 Å². The maximum atomic E-state index is 12.2. The van der Waals surface area contributed by atoms with E-state index in [0.717, 1.165) is 25.1 Å². The van der Waals surface area contributed by atoms with Gasteiger partial charge in [0.2, 0.25) is 5.91 Å². The average Bonchev–Trinajstić information content (AvgIpc) is 2.47. The number of halogens is 1. The van der Waals surface area contributed by atoms with Crippen LogP contribution in [0.2, 0.25) is 0 Å². The molecular weight excluding hydrogens is 300 g/mol. The third-order valence-corrected chi connectivity index (χ3v) is 3.92. The van der Waals surface area contributed by atoms with Crippen molar-refractivity contribution in [3.8, 4) is 5.75 Å². The Kier molecular flexibility index (Phi) is 7.69. The van der Waals surface area contributed by atoms with Crippen molar-refractivity contribution >= 4 is 18.3 Å². The van der Waals surface area contributed by atoms with Gasteiger partial charge in [-0.2, -0.15) is 0 Å². The lowest BCUT2D eigenvalue weighted by atomic mass is 9.92. The van der Waals surface area contributed by atoms with Gasteiger partial charge >= 0.3 is 0 Å². The molecule has 0 radical (unpaired) electrons. The first kappa shape index (κ1) is 18.8. The van der Waals surface area contributed by atoms with Crippen LogP contribution in [0.25, 0.3) is 0 Å². The summed E-state index contributed by atoms with van der Waals surface area (Å²) in [6, 6.07) is 8.40. The molecule has 1 amide bonds. The van der Waals surface area contributed by atoms with Crippen LogP contribution in [0.4, 0.5) is 0 Å². The first-order chi connectivity index (χ1) is 10.0. The van der Waals surface area contributed by atoms with Gasteiger partial charge in [-0.25, -0.2) is 0 Å². The van der Waals surface area contributed by atoms with E-state index < -0.39 is 0 Å². The van der Waals surface area contributed by atoms with Crippen molar-refractivity contribution in [3.05, 3.63) is 29.8 Å². The topological polar surface area (TPSA) is 50.4 Å². The fourth-order valence-corrected chi connectivity index (χ4v) is 2.65. The maximum Gasteiger partial charge on any atom is 0.223 e. The molecule has 4 nitrogen and oxygen atoms in total. The van der Waals surface area contributed by atoms with Gasteiger partial charge in [0.15, 0.2) is 0 Å². The minimum atomic E-state index is -0.0317. The Morgan fingerprint density at radius 1 is 1.41 bits per heavy atom. The number of carbonyl (C=O) groups excluding carboxylic acids is 1.